The number of rotatable bonds is 6. The van der Waals surface area contributed by atoms with Gasteiger partial charge in [-0.25, -0.2) is 0 Å². The molecule has 7 aromatic carbocycles. The Bertz CT molecular complexity index is 2190. The Balaban J connectivity index is 1.10. The number of hydrogen-bond donors (Lipinski definition) is 0. The maximum absolute atomic E-state index is 2.41. The Morgan fingerprint density at radius 2 is 0.809 bits per heavy atom. The van der Waals surface area contributed by atoms with Crippen molar-refractivity contribution in [3.05, 3.63) is 187 Å². The Hall–Kier alpha value is -5.66. The van der Waals surface area contributed by atoms with Gasteiger partial charge in [-0.3, -0.25) is 0 Å². The van der Waals surface area contributed by atoms with E-state index in [2.05, 4.69) is 196 Å². The van der Waals surface area contributed by atoms with Crippen molar-refractivity contribution in [1.29, 1.82) is 0 Å². The Kier molecular flexibility index (Phi) is 7.11. The fourth-order valence-corrected chi connectivity index (χ4v) is 7.18. The molecule has 0 N–H and O–H groups in total. The van der Waals surface area contributed by atoms with Crippen LogP contribution in [0.4, 0.5) is 17.1 Å². The summed E-state index contributed by atoms with van der Waals surface area (Å²) < 4.78 is 0. The lowest BCUT2D eigenvalue weighted by atomic mass is 9.81. The van der Waals surface area contributed by atoms with E-state index in [1.54, 1.807) is 0 Å². The molecule has 1 aliphatic rings. The lowest BCUT2D eigenvalue weighted by molar-refractivity contribution is 0.660. The van der Waals surface area contributed by atoms with Crippen LogP contribution in [0.25, 0.3) is 44.5 Å². The molecule has 0 unspecified atom stereocenters. The van der Waals surface area contributed by atoms with Gasteiger partial charge in [0, 0.05) is 22.5 Å². The van der Waals surface area contributed by atoms with Crippen molar-refractivity contribution in [2.75, 3.05) is 4.90 Å². The molecule has 0 heterocycles. The van der Waals surface area contributed by atoms with Crippen LogP contribution in [0.15, 0.2) is 170 Å². The van der Waals surface area contributed by atoms with Gasteiger partial charge in [-0.05, 0) is 111 Å². The summed E-state index contributed by atoms with van der Waals surface area (Å²) in [7, 11) is 0. The molecule has 0 bridgehead atoms. The number of anilines is 3. The first-order chi connectivity index (χ1) is 23.0. The molecule has 0 aliphatic heterocycles. The van der Waals surface area contributed by atoms with Gasteiger partial charge >= 0.3 is 0 Å². The standard InChI is InChI=1S/C46H37N/c1-32-11-10-16-40(29-32)47(39-14-8-5-9-15-39)41-26-28-43-42-27-25-38(30-44(42)46(2,3)45(43)31-41)37-23-21-36(22-24-37)35-19-17-34(18-20-35)33-12-6-4-7-13-33/h4-31H,1-3H3. The highest BCUT2D eigenvalue weighted by Gasteiger charge is 2.36. The first kappa shape index (κ1) is 28.8. The van der Waals surface area contributed by atoms with Crippen molar-refractivity contribution in [3.8, 4) is 44.5 Å². The topological polar surface area (TPSA) is 3.24 Å². The highest BCUT2D eigenvalue weighted by atomic mass is 15.1. The summed E-state index contributed by atoms with van der Waals surface area (Å²) >= 11 is 0. The van der Waals surface area contributed by atoms with E-state index < -0.39 is 0 Å². The van der Waals surface area contributed by atoms with Crippen LogP contribution in [0.3, 0.4) is 0 Å². The molecule has 0 aromatic heterocycles. The number of para-hydroxylation sites is 1. The Morgan fingerprint density at radius 3 is 1.40 bits per heavy atom. The highest BCUT2D eigenvalue weighted by Crippen LogP contribution is 2.51. The minimum atomic E-state index is -0.133. The zero-order valence-corrected chi connectivity index (χ0v) is 27.1. The minimum absolute atomic E-state index is 0.133. The maximum Gasteiger partial charge on any atom is 0.0465 e. The summed E-state index contributed by atoms with van der Waals surface area (Å²) in [4.78, 5) is 2.37. The van der Waals surface area contributed by atoms with Crippen LogP contribution in [0.1, 0.15) is 30.5 Å². The molecule has 0 atom stereocenters. The number of hydrogen-bond acceptors (Lipinski definition) is 1. The number of aryl methyl sites for hydroxylation is 1. The zero-order chi connectivity index (χ0) is 32.0. The first-order valence-electron chi connectivity index (χ1n) is 16.4. The molecular weight excluding hydrogens is 567 g/mol. The molecule has 1 nitrogen and oxygen atoms in total. The lowest BCUT2D eigenvalue weighted by Crippen LogP contribution is -2.16. The zero-order valence-electron chi connectivity index (χ0n) is 27.1. The van der Waals surface area contributed by atoms with Crippen molar-refractivity contribution in [2.24, 2.45) is 0 Å². The summed E-state index contributed by atoms with van der Waals surface area (Å²) in [5.74, 6) is 0. The summed E-state index contributed by atoms with van der Waals surface area (Å²) in [6, 6.07) is 61.9. The largest absolute Gasteiger partial charge is 0.310 e. The second kappa shape index (κ2) is 11.6. The third-order valence-electron chi connectivity index (χ3n) is 9.74. The average Bonchev–Trinajstić information content (AvgIpc) is 3.34. The smallest absolute Gasteiger partial charge is 0.0465 e. The summed E-state index contributed by atoms with van der Waals surface area (Å²) in [6.45, 7) is 6.89. The second-order valence-electron chi connectivity index (χ2n) is 13.1. The molecule has 0 amide bonds. The third kappa shape index (κ3) is 5.24. The molecular formula is C46H37N. The van der Waals surface area contributed by atoms with E-state index in [1.807, 2.05) is 0 Å². The van der Waals surface area contributed by atoms with E-state index in [1.165, 1.54) is 72.6 Å². The first-order valence-corrected chi connectivity index (χ1v) is 16.4. The van der Waals surface area contributed by atoms with E-state index in [0.717, 1.165) is 5.69 Å². The van der Waals surface area contributed by atoms with Crippen LogP contribution in [-0.4, -0.2) is 0 Å². The molecule has 0 fully saturated rings. The molecule has 0 spiro atoms. The molecule has 47 heavy (non-hydrogen) atoms. The van der Waals surface area contributed by atoms with Gasteiger partial charge in [0.05, 0.1) is 0 Å². The number of nitrogens with zero attached hydrogens (tertiary/aromatic N) is 1. The lowest BCUT2D eigenvalue weighted by Gasteiger charge is -2.28. The molecule has 1 heteroatoms. The van der Waals surface area contributed by atoms with E-state index in [9.17, 15) is 0 Å². The van der Waals surface area contributed by atoms with E-state index in [-0.39, 0.29) is 5.41 Å². The van der Waals surface area contributed by atoms with Gasteiger partial charge in [0.25, 0.3) is 0 Å². The van der Waals surface area contributed by atoms with Gasteiger partial charge < -0.3 is 4.90 Å². The van der Waals surface area contributed by atoms with Gasteiger partial charge in [-0.2, -0.15) is 0 Å². The van der Waals surface area contributed by atoms with Crippen molar-refractivity contribution in [1.82, 2.24) is 0 Å². The predicted octanol–water partition coefficient (Wildman–Crippen LogP) is 12.8. The molecule has 1 aliphatic carbocycles. The molecule has 8 rings (SSSR count). The van der Waals surface area contributed by atoms with Gasteiger partial charge in [0.15, 0.2) is 0 Å². The summed E-state index contributed by atoms with van der Waals surface area (Å²) in [5, 5.41) is 0. The van der Waals surface area contributed by atoms with Crippen molar-refractivity contribution >= 4 is 17.1 Å². The summed E-state index contributed by atoms with van der Waals surface area (Å²) in [6.07, 6.45) is 0. The number of benzene rings is 7. The Morgan fingerprint density at radius 1 is 0.362 bits per heavy atom. The van der Waals surface area contributed by atoms with E-state index in [0.29, 0.717) is 0 Å². The van der Waals surface area contributed by atoms with Crippen molar-refractivity contribution < 1.29 is 0 Å². The fraction of sp³-hybridized carbons (Fsp3) is 0.0870. The van der Waals surface area contributed by atoms with Gasteiger partial charge in [-0.15, -0.1) is 0 Å². The highest BCUT2D eigenvalue weighted by molar-refractivity contribution is 5.87. The van der Waals surface area contributed by atoms with Gasteiger partial charge in [0.2, 0.25) is 0 Å². The van der Waals surface area contributed by atoms with E-state index in [4.69, 9.17) is 0 Å². The quantitative estimate of drug-likeness (QED) is 0.183. The van der Waals surface area contributed by atoms with Crippen LogP contribution in [0.5, 0.6) is 0 Å². The predicted molar refractivity (Wildman–Crippen MR) is 200 cm³/mol. The van der Waals surface area contributed by atoms with Crippen LogP contribution < -0.4 is 4.90 Å². The van der Waals surface area contributed by atoms with Crippen LogP contribution in [-0.2, 0) is 5.41 Å². The second-order valence-corrected chi connectivity index (χ2v) is 13.1. The average molecular weight is 604 g/mol. The van der Waals surface area contributed by atoms with Crippen LogP contribution in [0.2, 0.25) is 0 Å². The van der Waals surface area contributed by atoms with Crippen LogP contribution in [0, 0.1) is 6.92 Å². The number of fused-ring (bicyclic) bond motifs is 3. The Labute approximate surface area is 278 Å². The molecule has 0 saturated heterocycles. The summed E-state index contributed by atoms with van der Waals surface area (Å²) in [5.41, 5.74) is 17.4. The SMILES string of the molecule is Cc1cccc(N(c2ccccc2)c2ccc3c(c2)C(C)(C)c2cc(-c4ccc(-c5ccc(-c6ccccc6)cc5)cc4)ccc2-3)c1. The normalized spacial score (nSPS) is 12.7. The third-order valence-corrected chi connectivity index (χ3v) is 9.74. The molecule has 0 saturated carbocycles. The monoisotopic (exact) mass is 603 g/mol. The fourth-order valence-electron chi connectivity index (χ4n) is 7.18. The van der Waals surface area contributed by atoms with E-state index >= 15 is 0 Å². The van der Waals surface area contributed by atoms with Gasteiger partial charge in [-0.1, -0.05) is 141 Å². The van der Waals surface area contributed by atoms with Crippen molar-refractivity contribution in [2.45, 2.75) is 26.2 Å². The molecule has 7 aromatic rings. The van der Waals surface area contributed by atoms with Gasteiger partial charge in [0.1, 0.15) is 0 Å². The van der Waals surface area contributed by atoms with Crippen LogP contribution >= 0.6 is 0 Å². The minimum Gasteiger partial charge on any atom is -0.310 e. The van der Waals surface area contributed by atoms with Crippen molar-refractivity contribution in [3.63, 3.8) is 0 Å². The molecule has 226 valence electrons. The maximum atomic E-state index is 2.41. The molecule has 0 radical (unpaired) electrons.